The number of aromatic nitrogens is 9. The van der Waals surface area contributed by atoms with Crippen LogP contribution in [0.3, 0.4) is 0 Å². The van der Waals surface area contributed by atoms with Crippen LogP contribution >= 0.6 is 0 Å². The molecule has 2 aliphatic rings. The Kier molecular flexibility index (Phi) is 33.2. The molecule has 13 aromatic carbocycles. The minimum atomic E-state index is -0.499. The number of hydrogen-bond donors (Lipinski definition) is 1. The summed E-state index contributed by atoms with van der Waals surface area (Å²) in [6.45, 7) is 32.5. The number of benzene rings is 13. The number of ketones is 4. The zero-order valence-corrected chi connectivity index (χ0v) is 89.8. The molecule has 0 saturated carbocycles. The molecular formula is C130H144N16O4. The van der Waals surface area contributed by atoms with E-state index in [1.165, 1.54) is 0 Å². The Balaban J connectivity index is 0.731. The van der Waals surface area contributed by atoms with E-state index < -0.39 is 6.04 Å². The summed E-state index contributed by atoms with van der Waals surface area (Å²) in [4.78, 5) is 71.0. The Morgan fingerprint density at radius 3 is 0.953 bits per heavy atom. The molecule has 768 valence electrons. The molecule has 18 rings (SSSR count). The first kappa shape index (κ1) is 105. The zero-order chi connectivity index (χ0) is 105. The largest absolute Gasteiger partial charge is 0.311 e. The molecule has 0 bridgehead atoms. The molecule has 0 spiro atoms. The molecule has 5 unspecified atom stereocenters. The molecular weight excluding hydrogens is 1850 g/mol. The van der Waals surface area contributed by atoms with Crippen LogP contribution in [0.4, 0.5) is 68.2 Å². The van der Waals surface area contributed by atoms with E-state index in [0.717, 1.165) is 254 Å². The molecule has 5 atom stereocenters. The standard InChI is InChI=1S/C130H144N16O4/c1-15-23-41-89(19-5)125(147)97-61-77-109(78-62-97)143(101-45-31-27-32-46-101)105-69-53-93(54-70-105)113-117-118(114(122-121(113)135-141(136-122)87-129(9,10)11)94-55-71-106(72-56-94)144(102-47-33-28-34-48-102)110-79-63-98(64-80-110)126(148)90(20-6)42-24-16-2)132-139(131-117)85-39-40-86-140-133-119-115(95-57-73-107(74-58-95)145(103-49-35-29-36-50-103)111-81-65-99(66-82-111)127(149)91(21-7)43-25-17-3)123-124(138-142(137-123)88-130(12,13)14)116(120(119)134-140)96-59-75-108(76-60-96)146(104-51-37-30-38-52-104)112-83-67-100(68-84-112)128(150)92(22-8)44-26-18-4/h27-38,45-84,89-92,117,131H,15-26,39-44,85-88H2,1-14H3. The lowest BCUT2D eigenvalue weighted by molar-refractivity contribution is -0.816. The van der Waals surface area contributed by atoms with Crippen LogP contribution in [0, 0.1) is 34.5 Å². The number of carbonyl (C=O) groups excluding carboxylic acids is 4. The molecule has 1 aliphatic carbocycles. The fourth-order valence-corrected chi connectivity index (χ4v) is 21.4. The van der Waals surface area contributed by atoms with Crippen molar-refractivity contribution in [1.82, 2.24) is 45.9 Å². The lowest BCUT2D eigenvalue weighted by Gasteiger charge is -2.27. The van der Waals surface area contributed by atoms with E-state index in [1.807, 2.05) is 92.3 Å². The van der Waals surface area contributed by atoms with Crippen molar-refractivity contribution in [2.24, 2.45) is 39.6 Å². The quantitative estimate of drug-likeness (QED) is 0.0214. The smallest absolute Gasteiger partial charge is 0.167 e. The van der Waals surface area contributed by atoms with Crippen LogP contribution < -0.4 is 55.5 Å². The first-order chi connectivity index (χ1) is 72.9. The Morgan fingerprint density at radius 2 is 0.627 bits per heavy atom. The van der Waals surface area contributed by atoms with Crippen LogP contribution in [0.15, 0.2) is 321 Å². The number of fused-ring (bicyclic) bond motifs is 4. The van der Waals surface area contributed by atoms with Gasteiger partial charge in [-0.1, -0.05) is 270 Å². The van der Waals surface area contributed by atoms with Gasteiger partial charge < -0.3 is 19.6 Å². The van der Waals surface area contributed by atoms with E-state index in [1.54, 1.807) is 0 Å². The number of unbranched alkanes of at least 4 members (excludes halogenated alkanes) is 5. The predicted octanol–water partition coefficient (Wildman–Crippen LogP) is 29.2. The SMILES string of the molecule is CCCCC(CC)C(=O)c1ccc(N(c2ccccc2)c2ccc(C3=c4n[n+](CC(C)(C)C)[n-]c4=C(c4ccc(N(c5ccccc5)c5ccc(C(=O)C(CC)CCCC)cc5)cc4)C4NN(CCCCn5nc6c(-c7ccc(N(c8ccccc8)c8ccc(C(=O)C(CC)CCCC)cc8)cc7)c7n[n+](CC(C)(C)C)[n-]c7c(-c7ccc(N(c8ccccc8)c8ccc(C(=O)C(CC)CCCC)cc8)cc7)c6n5)N=C34)cc2)cc1. The summed E-state index contributed by atoms with van der Waals surface area (Å²) in [5, 5.41) is 42.8. The van der Waals surface area contributed by atoms with Crippen molar-refractivity contribution in [1.29, 1.82) is 0 Å². The Hall–Kier alpha value is -15.2. The van der Waals surface area contributed by atoms with Gasteiger partial charge in [0.1, 0.15) is 11.0 Å². The second-order valence-electron chi connectivity index (χ2n) is 42.9. The Labute approximate surface area is 885 Å². The summed E-state index contributed by atoms with van der Waals surface area (Å²) in [7, 11) is 0. The van der Waals surface area contributed by atoms with Crippen molar-refractivity contribution in [3.8, 4) is 22.3 Å². The average Bonchev–Trinajstić information content (AvgIpc) is 1.56. The van der Waals surface area contributed by atoms with Gasteiger partial charge in [-0.2, -0.15) is 50.1 Å². The van der Waals surface area contributed by atoms with Gasteiger partial charge in [0.25, 0.3) is 0 Å². The number of rotatable bonds is 47. The molecule has 3 aromatic heterocycles. The highest BCUT2D eigenvalue weighted by Gasteiger charge is 2.39. The third kappa shape index (κ3) is 23.4. The number of aryl methyl sites for hydroxylation is 1. The van der Waals surface area contributed by atoms with Crippen LogP contribution in [0.1, 0.15) is 265 Å². The van der Waals surface area contributed by atoms with Gasteiger partial charge >= 0.3 is 0 Å². The Morgan fingerprint density at radius 1 is 0.333 bits per heavy atom. The van der Waals surface area contributed by atoms with Crippen LogP contribution in [0.25, 0.3) is 55.5 Å². The van der Waals surface area contributed by atoms with Crippen LogP contribution in [0.5, 0.6) is 0 Å². The summed E-state index contributed by atoms with van der Waals surface area (Å²) in [5.74, 6) is 0.681. The van der Waals surface area contributed by atoms with Gasteiger partial charge in [0.05, 0.1) is 24.8 Å². The molecule has 0 saturated heterocycles. The molecule has 16 aromatic rings. The highest BCUT2D eigenvalue weighted by atomic mass is 16.1. The van der Waals surface area contributed by atoms with Crippen molar-refractivity contribution >= 4 is 130 Å². The fourth-order valence-electron chi connectivity index (χ4n) is 21.4. The molecule has 0 fully saturated rings. The number of anilines is 12. The number of hydrazone groups is 1. The van der Waals surface area contributed by atoms with E-state index in [2.05, 4.69) is 365 Å². The third-order valence-corrected chi connectivity index (χ3v) is 29.4. The minimum Gasteiger partial charge on any atom is -0.311 e. The average molecular weight is 1990 g/mol. The van der Waals surface area contributed by atoms with E-state index in [-0.39, 0.29) is 57.6 Å². The van der Waals surface area contributed by atoms with Gasteiger partial charge in [-0.25, -0.2) is 10.5 Å². The van der Waals surface area contributed by atoms with E-state index in [0.29, 0.717) is 61.1 Å². The number of hydrazine groups is 1. The van der Waals surface area contributed by atoms with Crippen LogP contribution in [-0.2, 0) is 19.6 Å². The first-order valence-corrected chi connectivity index (χ1v) is 54.8. The molecule has 150 heavy (non-hydrogen) atoms. The third-order valence-electron chi connectivity index (χ3n) is 29.4. The number of nitrogens with zero attached hydrogens (tertiary/aromatic N) is 15. The second kappa shape index (κ2) is 47.6. The van der Waals surface area contributed by atoms with E-state index >= 15 is 0 Å². The summed E-state index contributed by atoms with van der Waals surface area (Å²) < 4.78 is 0. The minimum absolute atomic E-state index is 0.0206. The van der Waals surface area contributed by atoms with Gasteiger partial charge in [-0.15, -0.1) is 0 Å². The number of carbonyl (C=O) groups is 4. The molecule has 4 heterocycles. The zero-order valence-electron chi connectivity index (χ0n) is 89.8. The van der Waals surface area contributed by atoms with E-state index in [4.69, 9.17) is 35.7 Å². The van der Waals surface area contributed by atoms with Crippen molar-refractivity contribution < 1.29 is 28.8 Å². The van der Waals surface area contributed by atoms with Crippen molar-refractivity contribution in [2.45, 2.75) is 238 Å². The van der Waals surface area contributed by atoms with Gasteiger partial charge in [-0.3, -0.25) is 19.2 Å². The summed E-state index contributed by atoms with van der Waals surface area (Å²) in [6, 6.07) is 108. The second-order valence-corrected chi connectivity index (χ2v) is 42.9. The van der Waals surface area contributed by atoms with Gasteiger partial charge in [0, 0.05) is 163 Å². The summed E-state index contributed by atoms with van der Waals surface area (Å²) >= 11 is 0. The molecule has 1 N–H and O–H groups in total. The maximum absolute atomic E-state index is 14.1. The molecule has 0 radical (unpaired) electrons. The molecule has 1 aliphatic heterocycles. The van der Waals surface area contributed by atoms with Crippen molar-refractivity contribution in [3.05, 3.63) is 360 Å². The number of para-hydroxylation sites is 4. The fraction of sp³-hybridized carbons (Fsp3) is 0.331. The maximum atomic E-state index is 14.1. The van der Waals surface area contributed by atoms with Crippen LogP contribution in [-0.4, -0.2) is 71.7 Å². The van der Waals surface area contributed by atoms with Gasteiger partial charge in [0.15, 0.2) is 36.2 Å². The number of Topliss-reactive ketones (excluding diaryl/α,β-unsaturated/α-hetero) is 4. The lowest BCUT2D eigenvalue weighted by Crippen LogP contribution is -2.49. The molecule has 20 heteroatoms. The normalized spacial score (nSPS) is 13.9. The Bertz CT molecular complexity index is 7270. The highest BCUT2D eigenvalue weighted by Crippen LogP contribution is 2.47. The van der Waals surface area contributed by atoms with Crippen molar-refractivity contribution in [3.63, 3.8) is 0 Å². The van der Waals surface area contributed by atoms with Crippen molar-refractivity contribution in [2.75, 3.05) is 26.1 Å². The summed E-state index contributed by atoms with van der Waals surface area (Å²) in [6.07, 6.45) is 16.3. The molecule has 0 amide bonds. The highest BCUT2D eigenvalue weighted by molar-refractivity contribution is 6.30. The number of nitrogens with one attached hydrogen (secondary N) is 1. The topological polar surface area (TPSA) is 201 Å². The lowest BCUT2D eigenvalue weighted by atomic mass is 9.85. The molecule has 20 nitrogen and oxygen atoms in total. The monoisotopic (exact) mass is 1990 g/mol. The van der Waals surface area contributed by atoms with E-state index in [9.17, 15) is 19.2 Å². The predicted molar refractivity (Wildman–Crippen MR) is 611 cm³/mol. The maximum Gasteiger partial charge on any atom is 0.167 e. The van der Waals surface area contributed by atoms with Crippen LogP contribution in [0.2, 0.25) is 0 Å². The van der Waals surface area contributed by atoms with Gasteiger partial charge in [0.2, 0.25) is 0 Å². The number of hydrogen-bond acceptors (Lipinski definition) is 15. The summed E-state index contributed by atoms with van der Waals surface area (Å²) in [5.41, 5.74) is 28.4. The first-order valence-electron chi connectivity index (χ1n) is 54.8. The van der Waals surface area contributed by atoms with Gasteiger partial charge in [-0.05, 0) is 286 Å².